The highest BCUT2D eigenvalue weighted by atomic mass is 35.5. The quantitative estimate of drug-likeness (QED) is 0.602. The van der Waals surface area contributed by atoms with Gasteiger partial charge >= 0.3 is 0 Å². The summed E-state index contributed by atoms with van der Waals surface area (Å²) in [5.74, 6) is 0.580. The summed E-state index contributed by atoms with van der Waals surface area (Å²) in [7, 11) is 5.74. The lowest BCUT2D eigenvalue weighted by atomic mass is 10.2. The van der Waals surface area contributed by atoms with E-state index in [1.807, 2.05) is 36.4 Å². The van der Waals surface area contributed by atoms with Gasteiger partial charge in [-0.15, -0.1) is 0 Å². The summed E-state index contributed by atoms with van der Waals surface area (Å²) < 4.78 is 6.39. The first-order valence-corrected chi connectivity index (χ1v) is 10.2. The lowest BCUT2D eigenvalue weighted by Crippen LogP contribution is -3.06. The zero-order valence-corrected chi connectivity index (χ0v) is 17.7. The molecule has 146 valence electrons. The van der Waals surface area contributed by atoms with Gasteiger partial charge in [-0.05, 0) is 29.8 Å². The number of rotatable bonds is 7. The van der Waals surface area contributed by atoms with Crippen LogP contribution in [0.5, 0.6) is 5.75 Å². The number of amides is 1. The topological polar surface area (TPSA) is 46.9 Å². The molecule has 1 heterocycles. The number of ether oxygens (including phenoxy) is 1. The summed E-state index contributed by atoms with van der Waals surface area (Å²) in [6.07, 6.45) is 3.30. The number of halogens is 1. The molecule has 0 fully saturated rings. The minimum Gasteiger partial charge on any atom is -0.494 e. The summed E-state index contributed by atoms with van der Waals surface area (Å²) in [4.78, 5) is 20.6. The number of para-hydroxylation sites is 1. The van der Waals surface area contributed by atoms with Crippen molar-refractivity contribution < 1.29 is 14.4 Å². The number of aromatic nitrogens is 1. The van der Waals surface area contributed by atoms with Crippen molar-refractivity contribution in [2.75, 3.05) is 39.2 Å². The molecule has 0 unspecified atom stereocenters. The number of likely N-dealkylation sites (N-methyl/N-ethyl adjacent to an activating group) is 1. The Morgan fingerprint density at radius 2 is 2.04 bits per heavy atom. The van der Waals surface area contributed by atoms with Crippen molar-refractivity contribution in [3.8, 4) is 5.75 Å². The molecule has 2 aromatic carbocycles. The van der Waals surface area contributed by atoms with Crippen molar-refractivity contribution in [2.24, 2.45) is 0 Å². The van der Waals surface area contributed by atoms with Crippen LogP contribution in [-0.4, -0.2) is 45.2 Å². The van der Waals surface area contributed by atoms with Crippen molar-refractivity contribution in [1.29, 1.82) is 0 Å². The van der Waals surface area contributed by atoms with E-state index in [0.29, 0.717) is 22.4 Å². The maximum absolute atomic E-state index is 13.0. The number of thiazole rings is 1. The van der Waals surface area contributed by atoms with E-state index in [4.69, 9.17) is 16.3 Å². The highest BCUT2D eigenvalue weighted by molar-refractivity contribution is 7.22. The van der Waals surface area contributed by atoms with Crippen molar-refractivity contribution >= 4 is 50.3 Å². The van der Waals surface area contributed by atoms with E-state index in [9.17, 15) is 4.79 Å². The molecule has 5 nitrogen and oxygen atoms in total. The van der Waals surface area contributed by atoms with Crippen molar-refractivity contribution in [3.63, 3.8) is 0 Å². The molecule has 1 amide bonds. The molecule has 7 heteroatoms. The number of carbonyl (C=O) groups excluding carboxylic acids is 1. The SMILES string of the molecule is COc1cccc2sc(N(CC[NH+](C)C)C(=O)/C=C/c3ccccc3Cl)nc12. The molecule has 0 spiro atoms. The molecule has 1 N–H and O–H groups in total. The Labute approximate surface area is 173 Å². The number of fused-ring (bicyclic) bond motifs is 1. The molecule has 0 aliphatic rings. The number of anilines is 1. The van der Waals surface area contributed by atoms with Crippen molar-refractivity contribution in [3.05, 3.63) is 59.1 Å². The second-order valence-corrected chi connectivity index (χ2v) is 8.02. The summed E-state index contributed by atoms with van der Waals surface area (Å²) in [6.45, 7) is 1.37. The van der Waals surface area contributed by atoms with Crippen LogP contribution in [-0.2, 0) is 4.79 Å². The van der Waals surface area contributed by atoms with Crippen LogP contribution in [0.1, 0.15) is 5.56 Å². The largest absolute Gasteiger partial charge is 0.494 e. The highest BCUT2D eigenvalue weighted by Crippen LogP contribution is 2.34. The Balaban J connectivity index is 1.92. The predicted octanol–water partition coefficient (Wildman–Crippen LogP) is 3.15. The number of methoxy groups -OCH3 is 1. The Morgan fingerprint density at radius 3 is 2.75 bits per heavy atom. The van der Waals surface area contributed by atoms with E-state index >= 15 is 0 Å². The van der Waals surface area contributed by atoms with Gasteiger partial charge in [0.05, 0.1) is 39.0 Å². The fourth-order valence-corrected chi connectivity index (χ4v) is 3.90. The maximum atomic E-state index is 13.0. The monoisotopic (exact) mass is 416 g/mol. The normalized spacial score (nSPS) is 11.5. The van der Waals surface area contributed by atoms with Gasteiger partial charge in [-0.25, -0.2) is 4.98 Å². The Hall–Kier alpha value is -2.41. The Kier molecular flexibility index (Phi) is 6.67. The third kappa shape index (κ3) is 4.70. The van der Waals surface area contributed by atoms with Crippen LogP contribution in [0.2, 0.25) is 5.02 Å². The van der Waals surface area contributed by atoms with Crippen LogP contribution in [0.25, 0.3) is 16.3 Å². The third-order valence-electron chi connectivity index (χ3n) is 4.23. The molecular formula is C21H23ClN3O2S+. The van der Waals surface area contributed by atoms with Crippen LogP contribution in [0.15, 0.2) is 48.5 Å². The average Bonchev–Trinajstić information content (AvgIpc) is 3.11. The number of nitrogens with one attached hydrogen (secondary N) is 1. The van der Waals surface area contributed by atoms with E-state index in [-0.39, 0.29) is 5.91 Å². The number of quaternary nitrogens is 1. The Bertz CT molecular complexity index is 1000. The molecule has 1 aromatic heterocycles. The van der Waals surface area contributed by atoms with E-state index < -0.39 is 0 Å². The first-order chi connectivity index (χ1) is 13.5. The maximum Gasteiger partial charge on any atom is 0.252 e. The zero-order chi connectivity index (χ0) is 20.1. The second-order valence-electron chi connectivity index (χ2n) is 6.61. The summed E-state index contributed by atoms with van der Waals surface area (Å²) >= 11 is 7.67. The molecule has 0 radical (unpaired) electrons. The molecule has 3 aromatic rings. The number of benzene rings is 2. The molecule has 28 heavy (non-hydrogen) atoms. The van der Waals surface area contributed by atoms with Gasteiger partial charge in [0.2, 0.25) is 0 Å². The van der Waals surface area contributed by atoms with Crippen LogP contribution >= 0.6 is 22.9 Å². The van der Waals surface area contributed by atoms with Crippen LogP contribution in [0.4, 0.5) is 5.13 Å². The van der Waals surface area contributed by atoms with Crippen molar-refractivity contribution in [1.82, 2.24) is 4.98 Å². The van der Waals surface area contributed by atoms with Gasteiger partial charge in [0.15, 0.2) is 5.13 Å². The van der Waals surface area contributed by atoms with Gasteiger partial charge < -0.3 is 9.64 Å². The van der Waals surface area contributed by atoms with Gasteiger partial charge in [0.1, 0.15) is 11.3 Å². The summed E-state index contributed by atoms with van der Waals surface area (Å²) in [5, 5.41) is 1.27. The van der Waals surface area contributed by atoms with E-state index in [2.05, 4.69) is 19.1 Å². The number of hydrogen-bond acceptors (Lipinski definition) is 4. The average molecular weight is 417 g/mol. The van der Waals surface area contributed by atoms with E-state index in [1.165, 1.54) is 16.2 Å². The fraction of sp³-hybridized carbons (Fsp3) is 0.238. The molecule has 0 saturated heterocycles. The molecular weight excluding hydrogens is 394 g/mol. The molecule has 0 bridgehead atoms. The minimum atomic E-state index is -0.126. The molecule has 0 aliphatic heterocycles. The van der Waals surface area contributed by atoms with Gasteiger partial charge in [-0.1, -0.05) is 47.2 Å². The lowest BCUT2D eigenvalue weighted by Gasteiger charge is -2.19. The zero-order valence-electron chi connectivity index (χ0n) is 16.1. The second kappa shape index (κ2) is 9.19. The van der Waals surface area contributed by atoms with E-state index in [1.54, 1.807) is 30.2 Å². The molecule has 0 atom stereocenters. The van der Waals surface area contributed by atoms with Crippen LogP contribution in [0, 0.1) is 0 Å². The first-order valence-electron chi connectivity index (χ1n) is 8.96. The van der Waals surface area contributed by atoms with Gasteiger partial charge in [-0.2, -0.15) is 0 Å². The van der Waals surface area contributed by atoms with Crippen molar-refractivity contribution in [2.45, 2.75) is 0 Å². The first kappa shape index (κ1) is 20.3. The third-order valence-corrected chi connectivity index (χ3v) is 5.62. The molecule has 0 saturated carbocycles. The summed E-state index contributed by atoms with van der Waals surface area (Å²) in [5.41, 5.74) is 1.58. The molecule has 3 rings (SSSR count). The number of nitrogens with zero attached hydrogens (tertiary/aromatic N) is 2. The number of hydrogen-bond donors (Lipinski definition) is 1. The smallest absolute Gasteiger partial charge is 0.252 e. The standard InChI is InChI=1S/C21H22ClN3O2S/c1-24(2)13-14-25(19(26)12-11-15-7-4-5-8-16(15)22)21-23-20-17(27-3)9-6-10-18(20)28-21/h4-12H,13-14H2,1-3H3/p+1/b12-11+. The van der Waals surface area contributed by atoms with Gasteiger partial charge in [0, 0.05) is 11.1 Å². The van der Waals surface area contributed by atoms with Gasteiger partial charge in [-0.3, -0.25) is 9.69 Å². The predicted molar refractivity (Wildman–Crippen MR) is 117 cm³/mol. The van der Waals surface area contributed by atoms with Crippen LogP contribution in [0.3, 0.4) is 0 Å². The highest BCUT2D eigenvalue weighted by Gasteiger charge is 2.20. The Morgan fingerprint density at radius 1 is 1.25 bits per heavy atom. The fourth-order valence-electron chi connectivity index (χ4n) is 2.69. The molecule has 0 aliphatic carbocycles. The summed E-state index contributed by atoms with van der Waals surface area (Å²) in [6, 6.07) is 13.2. The van der Waals surface area contributed by atoms with Gasteiger partial charge in [0.25, 0.3) is 5.91 Å². The lowest BCUT2D eigenvalue weighted by molar-refractivity contribution is -0.856. The number of carbonyl (C=O) groups is 1. The minimum absolute atomic E-state index is 0.126. The van der Waals surface area contributed by atoms with E-state index in [0.717, 1.165) is 22.3 Å². The van der Waals surface area contributed by atoms with Crippen LogP contribution < -0.4 is 14.5 Å².